The van der Waals surface area contributed by atoms with Crippen molar-refractivity contribution < 1.29 is 4.79 Å². The second-order valence-corrected chi connectivity index (χ2v) is 6.10. The number of carbonyl (C=O) groups excluding carboxylic acids is 1. The third kappa shape index (κ3) is 4.75. The summed E-state index contributed by atoms with van der Waals surface area (Å²) in [5.41, 5.74) is 2.62. The van der Waals surface area contributed by atoms with Gasteiger partial charge in [0.1, 0.15) is 0 Å². The van der Waals surface area contributed by atoms with E-state index in [9.17, 15) is 4.79 Å². The van der Waals surface area contributed by atoms with Gasteiger partial charge in [0.2, 0.25) is 5.91 Å². The van der Waals surface area contributed by atoms with E-state index in [0.717, 1.165) is 39.1 Å². The lowest BCUT2D eigenvalue weighted by Crippen LogP contribution is -2.55. The predicted octanol–water partition coefficient (Wildman–Crippen LogP) is 2.63. The zero-order chi connectivity index (χ0) is 14.7. The fourth-order valence-electron chi connectivity index (χ4n) is 3.37. The number of nitrogens with one attached hydrogen (secondary N) is 1. The first-order valence-electron chi connectivity index (χ1n) is 8.08. The van der Waals surface area contributed by atoms with Crippen LogP contribution in [0, 0.1) is 6.92 Å². The first kappa shape index (κ1) is 20.1. The van der Waals surface area contributed by atoms with Gasteiger partial charge in [0.25, 0.3) is 0 Å². The highest BCUT2D eigenvalue weighted by atomic mass is 35.5. The van der Waals surface area contributed by atoms with Gasteiger partial charge < -0.3 is 15.1 Å². The Bertz CT molecular complexity index is 498. The van der Waals surface area contributed by atoms with Gasteiger partial charge in [-0.25, -0.2) is 0 Å². The summed E-state index contributed by atoms with van der Waals surface area (Å²) >= 11 is 0. The van der Waals surface area contributed by atoms with Crippen molar-refractivity contribution in [2.45, 2.75) is 32.2 Å². The number of amides is 1. The van der Waals surface area contributed by atoms with Crippen molar-refractivity contribution in [1.29, 1.82) is 0 Å². The van der Waals surface area contributed by atoms with E-state index in [1.54, 1.807) is 0 Å². The molecule has 2 fully saturated rings. The van der Waals surface area contributed by atoms with Crippen molar-refractivity contribution >= 4 is 36.4 Å². The smallest absolute Gasteiger partial charge is 0.239 e. The van der Waals surface area contributed by atoms with Gasteiger partial charge in [-0.05, 0) is 37.9 Å². The molecular formula is C17H27Cl2N3O. The minimum Gasteiger partial charge on any atom is -0.368 e. The van der Waals surface area contributed by atoms with Crippen LogP contribution in [0.5, 0.6) is 0 Å². The standard InChI is InChI=1S/C17H25N3O.2ClH/c1-14-6-2-3-8-16(14)19-10-12-20(13-11-19)17(21)15-7-4-5-9-18-15;;/h2-3,6,8,15,18H,4-5,7,9-13H2,1H3;2*1H/t15-;;/m1../s1. The normalized spacial score (nSPS) is 21.2. The van der Waals surface area contributed by atoms with Gasteiger partial charge in [-0.15, -0.1) is 24.8 Å². The number of piperazine rings is 1. The third-order valence-electron chi connectivity index (χ3n) is 4.66. The van der Waals surface area contributed by atoms with Crippen LogP contribution in [0.1, 0.15) is 24.8 Å². The molecule has 0 radical (unpaired) electrons. The summed E-state index contributed by atoms with van der Waals surface area (Å²) in [5, 5.41) is 3.36. The highest BCUT2D eigenvalue weighted by Gasteiger charge is 2.28. The maximum atomic E-state index is 12.5. The number of aryl methyl sites for hydroxylation is 1. The number of rotatable bonds is 2. The van der Waals surface area contributed by atoms with Gasteiger partial charge in [-0.1, -0.05) is 24.6 Å². The minimum atomic E-state index is 0. The van der Waals surface area contributed by atoms with E-state index in [4.69, 9.17) is 0 Å². The Labute approximate surface area is 151 Å². The third-order valence-corrected chi connectivity index (χ3v) is 4.66. The molecule has 1 aromatic rings. The van der Waals surface area contributed by atoms with Crippen molar-refractivity contribution in [1.82, 2.24) is 10.2 Å². The van der Waals surface area contributed by atoms with Crippen LogP contribution in [0.2, 0.25) is 0 Å². The Hall–Kier alpha value is -0.970. The number of benzene rings is 1. The largest absolute Gasteiger partial charge is 0.368 e. The average Bonchev–Trinajstić information content (AvgIpc) is 2.56. The van der Waals surface area contributed by atoms with Crippen molar-refractivity contribution in [2.75, 3.05) is 37.6 Å². The maximum Gasteiger partial charge on any atom is 0.239 e. The molecule has 0 unspecified atom stereocenters. The molecule has 3 rings (SSSR count). The molecule has 0 spiro atoms. The molecule has 1 atom stereocenters. The predicted molar refractivity (Wildman–Crippen MR) is 100 cm³/mol. The second-order valence-electron chi connectivity index (χ2n) is 6.10. The molecular weight excluding hydrogens is 333 g/mol. The maximum absolute atomic E-state index is 12.5. The monoisotopic (exact) mass is 359 g/mol. The summed E-state index contributed by atoms with van der Waals surface area (Å²) in [7, 11) is 0. The van der Waals surface area contributed by atoms with E-state index in [1.165, 1.54) is 24.1 Å². The van der Waals surface area contributed by atoms with Crippen molar-refractivity contribution in [3.63, 3.8) is 0 Å². The number of hydrogen-bond donors (Lipinski definition) is 1. The van der Waals surface area contributed by atoms with Crippen LogP contribution < -0.4 is 10.2 Å². The van der Waals surface area contributed by atoms with E-state index < -0.39 is 0 Å². The molecule has 1 amide bonds. The molecule has 2 aliphatic heterocycles. The van der Waals surface area contributed by atoms with Crippen LogP contribution in [0.25, 0.3) is 0 Å². The fraction of sp³-hybridized carbons (Fsp3) is 0.588. The number of carbonyl (C=O) groups is 1. The van der Waals surface area contributed by atoms with Gasteiger partial charge in [0.15, 0.2) is 0 Å². The molecule has 23 heavy (non-hydrogen) atoms. The molecule has 0 saturated carbocycles. The van der Waals surface area contributed by atoms with Gasteiger partial charge in [-0.2, -0.15) is 0 Å². The Kier molecular flexibility index (Phi) is 8.17. The Morgan fingerprint density at radius 3 is 2.39 bits per heavy atom. The van der Waals surface area contributed by atoms with Crippen molar-refractivity contribution in [3.8, 4) is 0 Å². The first-order valence-corrected chi connectivity index (χ1v) is 8.08. The number of halogens is 2. The molecule has 6 heteroatoms. The van der Waals surface area contributed by atoms with Gasteiger partial charge in [0.05, 0.1) is 6.04 Å². The molecule has 2 heterocycles. The molecule has 4 nitrogen and oxygen atoms in total. The summed E-state index contributed by atoms with van der Waals surface area (Å²) in [6.45, 7) is 6.68. The molecule has 0 bridgehead atoms. The van der Waals surface area contributed by atoms with E-state index in [1.807, 2.05) is 4.90 Å². The molecule has 1 aromatic carbocycles. The Morgan fingerprint density at radius 1 is 1.09 bits per heavy atom. The number of hydrogen-bond acceptors (Lipinski definition) is 3. The molecule has 130 valence electrons. The number of nitrogens with zero attached hydrogens (tertiary/aromatic N) is 2. The fourth-order valence-corrected chi connectivity index (χ4v) is 3.37. The van der Waals surface area contributed by atoms with Gasteiger partial charge in [-0.3, -0.25) is 4.79 Å². The molecule has 2 saturated heterocycles. The summed E-state index contributed by atoms with van der Waals surface area (Å²) in [6.07, 6.45) is 3.37. The van der Waals surface area contributed by atoms with Crippen LogP contribution >= 0.6 is 24.8 Å². The van der Waals surface area contributed by atoms with Crippen molar-refractivity contribution in [3.05, 3.63) is 29.8 Å². The van der Waals surface area contributed by atoms with Gasteiger partial charge in [0, 0.05) is 31.9 Å². The van der Waals surface area contributed by atoms with Crippen LogP contribution in [0.3, 0.4) is 0 Å². The van der Waals surface area contributed by atoms with Gasteiger partial charge >= 0.3 is 0 Å². The molecule has 0 aliphatic carbocycles. The molecule has 1 N–H and O–H groups in total. The lowest BCUT2D eigenvalue weighted by atomic mass is 10.0. The highest BCUT2D eigenvalue weighted by molar-refractivity contribution is 5.85. The summed E-state index contributed by atoms with van der Waals surface area (Å²) in [5.74, 6) is 0.305. The topological polar surface area (TPSA) is 35.6 Å². The lowest BCUT2D eigenvalue weighted by Gasteiger charge is -2.38. The first-order chi connectivity index (χ1) is 10.3. The zero-order valence-electron chi connectivity index (χ0n) is 13.7. The number of piperidine rings is 1. The van der Waals surface area contributed by atoms with E-state index in [2.05, 4.69) is 41.4 Å². The van der Waals surface area contributed by atoms with Crippen LogP contribution in [-0.2, 0) is 4.79 Å². The van der Waals surface area contributed by atoms with Crippen LogP contribution in [0.4, 0.5) is 5.69 Å². The quantitative estimate of drug-likeness (QED) is 0.881. The van der Waals surface area contributed by atoms with Crippen LogP contribution in [0.15, 0.2) is 24.3 Å². The summed E-state index contributed by atoms with van der Waals surface area (Å²) < 4.78 is 0. The average molecular weight is 360 g/mol. The highest BCUT2D eigenvalue weighted by Crippen LogP contribution is 2.21. The lowest BCUT2D eigenvalue weighted by molar-refractivity contribution is -0.134. The summed E-state index contributed by atoms with van der Waals surface area (Å²) in [6, 6.07) is 8.55. The number of anilines is 1. The zero-order valence-corrected chi connectivity index (χ0v) is 15.3. The van der Waals surface area contributed by atoms with E-state index in [-0.39, 0.29) is 30.9 Å². The SMILES string of the molecule is Cc1ccccc1N1CCN(C(=O)[C@H]2CCCCN2)CC1.Cl.Cl. The minimum absolute atomic E-state index is 0. The molecule has 0 aromatic heterocycles. The van der Waals surface area contributed by atoms with Crippen LogP contribution in [-0.4, -0.2) is 49.6 Å². The second kappa shape index (κ2) is 9.36. The Balaban J connectivity index is 0.00000132. The molecule has 2 aliphatic rings. The van der Waals surface area contributed by atoms with Crippen molar-refractivity contribution in [2.24, 2.45) is 0 Å². The number of para-hydroxylation sites is 1. The van der Waals surface area contributed by atoms with E-state index >= 15 is 0 Å². The van der Waals surface area contributed by atoms with E-state index in [0.29, 0.717) is 5.91 Å². The summed E-state index contributed by atoms with van der Waals surface area (Å²) in [4.78, 5) is 16.9. The Morgan fingerprint density at radius 2 is 1.78 bits per heavy atom.